The van der Waals surface area contributed by atoms with Crippen LogP contribution >= 0.6 is 11.6 Å². The Labute approximate surface area is 117 Å². The molecule has 0 bridgehead atoms. The number of hydrogen-bond acceptors (Lipinski definition) is 2. The minimum absolute atomic E-state index is 0.0627. The van der Waals surface area contributed by atoms with Gasteiger partial charge in [-0.1, -0.05) is 19.3 Å². The average Bonchev–Trinajstić information content (AvgIpc) is 2.73. The summed E-state index contributed by atoms with van der Waals surface area (Å²) in [5.74, 6) is 0.668. The summed E-state index contributed by atoms with van der Waals surface area (Å²) in [6, 6.07) is 0. The summed E-state index contributed by atoms with van der Waals surface area (Å²) in [5, 5.41) is 0. The number of halogens is 1. The van der Waals surface area contributed by atoms with Gasteiger partial charge < -0.3 is 4.74 Å². The zero-order valence-corrected chi connectivity index (χ0v) is 12.9. The number of hydrogen-bond donors (Lipinski definition) is 0. The van der Waals surface area contributed by atoms with Crippen LogP contribution in [0.3, 0.4) is 0 Å². The molecular formula is C15H28ClNO. The van der Waals surface area contributed by atoms with Crippen molar-refractivity contribution in [2.24, 2.45) is 0 Å². The van der Waals surface area contributed by atoms with Crippen molar-refractivity contribution >= 4 is 11.6 Å². The smallest absolute Gasteiger partial charge is 0.0710 e. The highest BCUT2D eigenvalue weighted by atomic mass is 35.5. The van der Waals surface area contributed by atoms with Crippen LogP contribution in [-0.4, -0.2) is 41.6 Å². The van der Waals surface area contributed by atoms with Crippen LogP contribution in [0.4, 0.5) is 0 Å². The summed E-state index contributed by atoms with van der Waals surface area (Å²) in [6.45, 7) is 5.41. The Kier molecular flexibility index (Phi) is 4.61. The summed E-state index contributed by atoms with van der Waals surface area (Å²) in [6.07, 6.45) is 9.59. The molecule has 1 aliphatic carbocycles. The molecule has 2 aliphatic rings. The molecule has 1 heterocycles. The molecular weight excluding hydrogens is 246 g/mol. The largest absolute Gasteiger partial charge is 0.370 e. The predicted molar refractivity (Wildman–Crippen MR) is 77.4 cm³/mol. The van der Waals surface area contributed by atoms with Crippen LogP contribution in [0.15, 0.2) is 0 Å². The second-order valence-electron chi connectivity index (χ2n) is 6.85. The molecule has 2 nitrogen and oxygen atoms in total. The minimum Gasteiger partial charge on any atom is -0.370 e. The summed E-state index contributed by atoms with van der Waals surface area (Å²) < 4.78 is 6.42. The molecule has 106 valence electrons. The van der Waals surface area contributed by atoms with E-state index in [1.807, 2.05) is 0 Å². The molecule has 1 atom stereocenters. The van der Waals surface area contributed by atoms with Gasteiger partial charge in [-0.2, -0.15) is 0 Å². The molecule has 1 unspecified atom stereocenters. The highest BCUT2D eigenvalue weighted by Gasteiger charge is 2.41. The van der Waals surface area contributed by atoms with Crippen LogP contribution in [0.5, 0.6) is 0 Å². The van der Waals surface area contributed by atoms with Crippen molar-refractivity contribution in [2.45, 2.75) is 76.0 Å². The molecule has 0 aromatic carbocycles. The van der Waals surface area contributed by atoms with Crippen LogP contribution in [-0.2, 0) is 4.74 Å². The van der Waals surface area contributed by atoms with E-state index >= 15 is 0 Å². The molecule has 2 rings (SSSR count). The number of ether oxygens (including phenoxy) is 1. The van der Waals surface area contributed by atoms with Crippen LogP contribution in [0, 0.1) is 0 Å². The molecule has 0 aromatic heterocycles. The minimum atomic E-state index is 0.0627. The fourth-order valence-corrected chi connectivity index (χ4v) is 3.45. The van der Waals surface area contributed by atoms with E-state index < -0.39 is 0 Å². The first kappa shape index (κ1) is 14.6. The van der Waals surface area contributed by atoms with Crippen molar-refractivity contribution in [1.82, 2.24) is 4.90 Å². The fourth-order valence-electron chi connectivity index (χ4n) is 3.24. The lowest BCUT2D eigenvalue weighted by atomic mass is 9.83. The zero-order valence-electron chi connectivity index (χ0n) is 12.2. The summed E-state index contributed by atoms with van der Waals surface area (Å²) in [4.78, 5) is 2.35. The third-order valence-corrected chi connectivity index (χ3v) is 5.60. The highest BCUT2D eigenvalue weighted by Crippen LogP contribution is 2.42. The van der Waals surface area contributed by atoms with E-state index in [0.717, 1.165) is 6.54 Å². The maximum atomic E-state index is 6.42. The Balaban J connectivity index is 1.85. The number of likely N-dealkylation sites (N-methyl/N-ethyl adjacent to an activating group) is 1. The van der Waals surface area contributed by atoms with Gasteiger partial charge >= 0.3 is 0 Å². The van der Waals surface area contributed by atoms with E-state index in [1.54, 1.807) is 0 Å². The lowest BCUT2D eigenvalue weighted by molar-refractivity contribution is -0.0753. The lowest BCUT2D eigenvalue weighted by Crippen LogP contribution is -2.46. The second kappa shape index (κ2) is 5.68. The van der Waals surface area contributed by atoms with Crippen molar-refractivity contribution in [3.63, 3.8) is 0 Å². The third-order valence-electron chi connectivity index (χ3n) is 4.94. The molecule has 0 aromatic rings. The van der Waals surface area contributed by atoms with E-state index in [2.05, 4.69) is 25.8 Å². The molecule has 0 amide bonds. The number of rotatable bonds is 4. The SMILES string of the molecule is CN(CC1CCC2(CCCCC2)O1)C(C)(C)CCl. The first-order valence-electron chi connectivity index (χ1n) is 7.42. The Morgan fingerprint density at radius 1 is 1.22 bits per heavy atom. The van der Waals surface area contributed by atoms with E-state index in [9.17, 15) is 0 Å². The Hall–Kier alpha value is 0.210. The van der Waals surface area contributed by atoms with Gasteiger partial charge in [-0.05, 0) is 46.6 Å². The fraction of sp³-hybridized carbons (Fsp3) is 1.00. The van der Waals surface area contributed by atoms with Crippen LogP contribution in [0.1, 0.15) is 58.8 Å². The third kappa shape index (κ3) is 3.20. The Bertz CT molecular complexity index is 274. The van der Waals surface area contributed by atoms with Gasteiger partial charge in [0.05, 0.1) is 11.7 Å². The van der Waals surface area contributed by atoms with Crippen molar-refractivity contribution in [1.29, 1.82) is 0 Å². The van der Waals surface area contributed by atoms with Gasteiger partial charge in [0.15, 0.2) is 0 Å². The van der Waals surface area contributed by atoms with Crippen LogP contribution in [0.25, 0.3) is 0 Å². The second-order valence-corrected chi connectivity index (χ2v) is 7.12. The van der Waals surface area contributed by atoms with Crippen LogP contribution in [0.2, 0.25) is 0 Å². The average molecular weight is 274 g/mol. The highest BCUT2D eigenvalue weighted by molar-refractivity contribution is 6.18. The Morgan fingerprint density at radius 2 is 1.89 bits per heavy atom. The van der Waals surface area contributed by atoms with Crippen molar-refractivity contribution in [3.05, 3.63) is 0 Å². The lowest BCUT2D eigenvalue weighted by Gasteiger charge is -2.37. The summed E-state index contributed by atoms with van der Waals surface area (Å²) in [7, 11) is 2.16. The maximum Gasteiger partial charge on any atom is 0.0710 e. The van der Waals surface area contributed by atoms with Gasteiger partial charge in [0, 0.05) is 18.0 Å². The van der Waals surface area contributed by atoms with Gasteiger partial charge in [-0.3, -0.25) is 4.90 Å². The predicted octanol–water partition coefficient (Wildman–Crippen LogP) is 3.82. The summed E-state index contributed by atoms with van der Waals surface area (Å²) in [5.41, 5.74) is 0.308. The van der Waals surface area contributed by atoms with Crippen molar-refractivity contribution < 1.29 is 4.74 Å². The monoisotopic (exact) mass is 273 g/mol. The molecule has 2 fully saturated rings. The van der Waals surface area contributed by atoms with E-state index in [4.69, 9.17) is 16.3 Å². The molecule has 18 heavy (non-hydrogen) atoms. The normalized spacial score (nSPS) is 28.2. The molecule has 1 aliphatic heterocycles. The van der Waals surface area contributed by atoms with E-state index in [0.29, 0.717) is 12.0 Å². The molecule has 1 saturated heterocycles. The quantitative estimate of drug-likeness (QED) is 0.722. The first-order chi connectivity index (χ1) is 8.47. The number of alkyl halides is 1. The van der Waals surface area contributed by atoms with Gasteiger partial charge in [-0.15, -0.1) is 11.6 Å². The maximum absolute atomic E-state index is 6.42. The topological polar surface area (TPSA) is 12.5 Å². The standard InChI is InChI=1S/C15H28ClNO/c1-14(2,12-16)17(3)11-13-7-10-15(18-13)8-5-4-6-9-15/h13H,4-12H2,1-3H3. The summed E-state index contributed by atoms with van der Waals surface area (Å²) >= 11 is 6.03. The van der Waals surface area contributed by atoms with E-state index in [-0.39, 0.29) is 11.1 Å². The number of nitrogens with zero attached hydrogens (tertiary/aromatic N) is 1. The van der Waals surface area contributed by atoms with Crippen LogP contribution < -0.4 is 0 Å². The van der Waals surface area contributed by atoms with Gasteiger partial charge in [0.25, 0.3) is 0 Å². The van der Waals surface area contributed by atoms with Crippen molar-refractivity contribution in [2.75, 3.05) is 19.5 Å². The van der Waals surface area contributed by atoms with Gasteiger partial charge in [-0.25, -0.2) is 0 Å². The molecule has 1 spiro atoms. The van der Waals surface area contributed by atoms with Gasteiger partial charge in [0.2, 0.25) is 0 Å². The van der Waals surface area contributed by atoms with Gasteiger partial charge in [0.1, 0.15) is 0 Å². The Morgan fingerprint density at radius 3 is 2.50 bits per heavy atom. The first-order valence-corrected chi connectivity index (χ1v) is 7.96. The molecule has 0 N–H and O–H groups in total. The van der Waals surface area contributed by atoms with E-state index in [1.165, 1.54) is 44.9 Å². The van der Waals surface area contributed by atoms with Crippen molar-refractivity contribution in [3.8, 4) is 0 Å². The molecule has 1 saturated carbocycles. The molecule has 0 radical (unpaired) electrons. The molecule has 3 heteroatoms. The zero-order chi connectivity index (χ0) is 13.2.